The van der Waals surface area contributed by atoms with Crippen molar-refractivity contribution in [3.63, 3.8) is 0 Å². The summed E-state index contributed by atoms with van der Waals surface area (Å²) in [7, 11) is -4.73. The van der Waals surface area contributed by atoms with Crippen LogP contribution in [0.25, 0.3) is 0 Å². The third kappa shape index (κ3) is 3.10. The molecule has 3 aliphatic heterocycles. The van der Waals surface area contributed by atoms with Crippen LogP contribution in [0.1, 0.15) is 0 Å². The van der Waals surface area contributed by atoms with Gasteiger partial charge in [-0.2, -0.15) is 5.10 Å². The van der Waals surface area contributed by atoms with Crippen LogP contribution in [0.2, 0.25) is 0 Å². The Labute approximate surface area is 129 Å². The van der Waals surface area contributed by atoms with Crippen molar-refractivity contribution < 1.29 is 33.8 Å². The first-order valence-electron chi connectivity index (χ1n) is 6.52. The zero-order valence-corrected chi connectivity index (χ0v) is 12.4. The number of hydrogen-bond donors (Lipinski definition) is 6. The number of nitrogens with zero attached hydrogens (tertiary/aromatic N) is 3. The summed E-state index contributed by atoms with van der Waals surface area (Å²) >= 11 is 0. The van der Waals surface area contributed by atoms with Gasteiger partial charge in [-0.3, -0.25) is 15.4 Å². The van der Waals surface area contributed by atoms with Gasteiger partial charge < -0.3 is 24.7 Å². The highest BCUT2D eigenvalue weighted by atomic mass is 31.2. The van der Waals surface area contributed by atoms with Gasteiger partial charge in [0.2, 0.25) is 0 Å². The number of fused-ring (bicyclic) bond motifs is 1. The molecule has 3 heterocycles. The Morgan fingerprint density at radius 1 is 1.35 bits per heavy atom. The number of aliphatic hydroxyl groups is 2. The number of phosphoric acid groups is 1. The van der Waals surface area contributed by atoms with Gasteiger partial charge in [-0.1, -0.05) is 0 Å². The average Bonchev–Trinajstić information content (AvgIpc) is 3.01. The van der Waals surface area contributed by atoms with Crippen LogP contribution >= 0.6 is 7.82 Å². The minimum absolute atomic E-state index is 0.0110. The Kier molecular flexibility index (Phi) is 4.14. The second-order valence-electron chi connectivity index (χ2n) is 5.07. The van der Waals surface area contributed by atoms with E-state index in [2.05, 4.69) is 25.0 Å². The molecule has 0 radical (unpaired) electrons. The van der Waals surface area contributed by atoms with Gasteiger partial charge in [0.05, 0.1) is 12.3 Å². The zero-order valence-electron chi connectivity index (χ0n) is 11.5. The molecule has 0 amide bonds. The number of rotatable bonds is 4. The van der Waals surface area contributed by atoms with Crippen molar-refractivity contribution in [3.8, 4) is 0 Å². The molecule has 23 heavy (non-hydrogen) atoms. The second-order valence-corrected chi connectivity index (χ2v) is 6.31. The first-order chi connectivity index (χ1) is 10.8. The van der Waals surface area contributed by atoms with Crippen LogP contribution < -0.4 is 5.43 Å². The minimum atomic E-state index is -4.73. The molecule has 0 saturated carbocycles. The SMILES string of the molecule is N=C1N=CN=C2C([C@@H]3O[C@@H](COP(=O)(O)O)[C@H](O)[C@H]3O)=NNC12. The summed E-state index contributed by atoms with van der Waals surface area (Å²) in [5.74, 6) is -0.0110. The lowest BCUT2D eigenvalue weighted by atomic mass is 9.98. The van der Waals surface area contributed by atoms with Crippen LogP contribution in [-0.4, -0.2) is 80.7 Å². The maximum atomic E-state index is 10.7. The van der Waals surface area contributed by atoms with E-state index >= 15 is 0 Å². The predicted octanol–water partition coefficient (Wildman–Crippen LogP) is -2.63. The topological polar surface area (TPSA) is 189 Å². The van der Waals surface area contributed by atoms with Gasteiger partial charge in [-0.25, -0.2) is 14.5 Å². The molecule has 0 aromatic carbocycles. The lowest BCUT2D eigenvalue weighted by Gasteiger charge is -2.17. The third-order valence-electron chi connectivity index (χ3n) is 3.56. The van der Waals surface area contributed by atoms with Crippen molar-refractivity contribution in [1.29, 1.82) is 5.41 Å². The Bertz CT molecular complexity index is 658. The summed E-state index contributed by atoms with van der Waals surface area (Å²) in [6, 6.07) is -0.659. The molecule has 0 aromatic rings. The van der Waals surface area contributed by atoms with E-state index in [9.17, 15) is 14.8 Å². The van der Waals surface area contributed by atoms with E-state index in [1.54, 1.807) is 0 Å². The van der Waals surface area contributed by atoms with Crippen molar-refractivity contribution in [2.45, 2.75) is 30.5 Å². The van der Waals surface area contributed by atoms with Crippen molar-refractivity contribution in [2.24, 2.45) is 15.1 Å². The van der Waals surface area contributed by atoms with Gasteiger partial charge in [0.1, 0.15) is 42.5 Å². The zero-order chi connectivity index (χ0) is 16.8. The first-order valence-corrected chi connectivity index (χ1v) is 8.05. The van der Waals surface area contributed by atoms with Crippen LogP contribution in [-0.2, 0) is 13.8 Å². The van der Waals surface area contributed by atoms with Crippen LogP contribution in [0.4, 0.5) is 0 Å². The number of phosphoric ester groups is 1. The molecule has 126 valence electrons. The number of hydrogen-bond acceptors (Lipinski definition) is 9. The van der Waals surface area contributed by atoms with Crippen LogP contribution in [0.5, 0.6) is 0 Å². The Morgan fingerprint density at radius 3 is 2.78 bits per heavy atom. The summed E-state index contributed by atoms with van der Waals surface area (Å²) in [6.07, 6.45) is -3.88. The normalized spacial score (nSPS) is 36.5. The van der Waals surface area contributed by atoms with Gasteiger partial charge >= 0.3 is 7.82 Å². The standard InChI is InChI=1S/C10H14N5O7P/c11-10-6-4(12-2-13-10)5(14-15-6)9-8(17)7(16)3(22-9)1-21-23(18,19)20/h2-3,6-9,11,15-17H,1H2,(H2,18,19,20)/t3-,6?,7-,8+,9-/m0/s1. The van der Waals surface area contributed by atoms with Crippen molar-refractivity contribution in [1.82, 2.24) is 5.43 Å². The van der Waals surface area contributed by atoms with E-state index in [4.69, 9.17) is 19.9 Å². The van der Waals surface area contributed by atoms with Crippen molar-refractivity contribution >= 4 is 31.4 Å². The molecule has 1 saturated heterocycles. The third-order valence-corrected chi connectivity index (χ3v) is 4.04. The van der Waals surface area contributed by atoms with Crippen LogP contribution in [0, 0.1) is 5.41 Å². The molecule has 1 fully saturated rings. The monoisotopic (exact) mass is 347 g/mol. The molecule has 12 nitrogen and oxygen atoms in total. The molecule has 0 aliphatic carbocycles. The van der Waals surface area contributed by atoms with Crippen LogP contribution in [0.3, 0.4) is 0 Å². The Balaban J connectivity index is 1.74. The summed E-state index contributed by atoms with van der Waals surface area (Å²) in [6.45, 7) is -0.604. The fourth-order valence-electron chi connectivity index (χ4n) is 2.45. The molecular weight excluding hydrogens is 333 g/mol. The van der Waals surface area contributed by atoms with Gasteiger partial charge in [0.15, 0.2) is 5.84 Å². The first kappa shape index (κ1) is 16.3. The van der Waals surface area contributed by atoms with Gasteiger partial charge in [0.25, 0.3) is 0 Å². The Hall–Kier alpha value is -1.53. The molecule has 6 N–H and O–H groups in total. The van der Waals surface area contributed by atoms with Crippen molar-refractivity contribution in [2.75, 3.05) is 6.61 Å². The number of amidine groups is 1. The summed E-state index contributed by atoms with van der Waals surface area (Å²) in [5.41, 5.74) is 3.15. The van der Waals surface area contributed by atoms with E-state index in [1.807, 2.05) is 0 Å². The molecule has 0 bridgehead atoms. The highest BCUT2D eigenvalue weighted by Crippen LogP contribution is 2.37. The molecule has 0 aromatic heterocycles. The molecule has 1 unspecified atom stereocenters. The largest absolute Gasteiger partial charge is 0.469 e. The number of nitrogens with one attached hydrogen (secondary N) is 2. The predicted molar refractivity (Wildman–Crippen MR) is 76.7 cm³/mol. The van der Waals surface area contributed by atoms with Gasteiger partial charge in [-0.05, 0) is 0 Å². The fraction of sp³-hybridized carbons (Fsp3) is 0.600. The molecular formula is C10H14N5O7P. The van der Waals surface area contributed by atoms with E-state index in [1.165, 1.54) is 6.34 Å². The van der Waals surface area contributed by atoms with E-state index in [0.717, 1.165) is 0 Å². The fourth-order valence-corrected chi connectivity index (χ4v) is 2.79. The van der Waals surface area contributed by atoms with Crippen molar-refractivity contribution in [3.05, 3.63) is 0 Å². The quantitative estimate of drug-likeness (QED) is 0.298. The second kappa shape index (κ2) is 5.83. The van der Waals surface area contributed by atoms with Gasteiger partial charge in [0, 0.05) is 0 Å². The average molecular weight is 347 g/mol. The van der Waals surface area contributed by atoms with E-state index < -0.39 is 44.9 Å². The Morgan fingerprint density at radius 2 is 2.09 bits per heavy atom. The highest BCUT2D eigenvalue weighted by molar-refractivity contribution is 7.46. The number of ether oxygens (including phenoxy) is 1. The molecule has 0 spiro atoms. The van der Waals surface area contributed by atoms with Crippen LogP contribution in [0.15, 0.2) is 15.1 Å². The number of aliphatic imine (C=N–C) groups is 2. The maximum Gasteiger partial charge on any atom is 0.469 e. The summed E-state index contributed by atoms with van der Waals surface area (Å²) < 4.78 is 20.4. The summed E-state index contributed by atoms with van der Waals surface area (Å²) in [4.78, 5) is 25.1. The van der Waals surface area contributed by atoms with E-state index in [-0.39, 0.29) is 11.5 Å². The molecule has 3 aliphatic rings. The lowest BCUT2D eigenvalue weighted by molar-refractivity contribution is -0.00978. The minimum Gasteiger partial charge on any atom is -0.387 e. The maximum absolute atomic E-state index is 10.7. The highest BCUT2D eigenvalue weighted by Gasteiger charge is 2.49. The lowest BCUT2D eigenvalue weighted by Crippen LogP contribution is -2.44. The summed E-state index contributed by atoms with van der Waals surface area (Å²) in [5, 5.41) is 31.7. The number of hydrazone groups is 1. The molecule has 3 rings (SSSR count). The smallest absolute Gasteiger partial charge is 0.387 e. The van der Waals surface area contributed by atoms with E-state index in [0.29, 0.717) is 5.71 Å². The molecule has 5 atom stereocenters. The molecule has 13 heteroatoms. The van der Waals surface area contributed by atoms with Gasteiger partial charge in [-0.15, -0.1) is 0 Å². The number of aliphatic hydroxyl groups excluding tert-OH is 2.